The second-order valence-electron chi connectivity index (χ2n) is 5.31. The SMILES string of the molecule is O=C(NCCc1cnc[nH]1)c1sc2ncccc2c1-n1cccc1. The standard InChI is InChI=1S/C17H15N5OS/c23-16(19-7-5-12-10-18-11-21-12)15-14(22-8-1-2-9-22)13-4-3-6-20-17(13)24-15/h1-4,6,8-11H,5,7H2,(H,18,21)(H,19,23). The third-order valence-corrected chi connectivity index (χ3v) is 4.85. The quantitative estimate of drug-likeness (QED) is 0.588. The van der Waals surface area contributed by atoms with Crippen LogP contribution in [0.5, 0.6) is 0 Å². The normalized spacial score (nSPS) is 11.0. The highest BCUT2D eigenvalue weighted by molar-refractivity contribution is 7.21. The maximum atomic E-state index is 12.7. The molecule has 0 saturated heterocycles. The van der Waals surface area contributed by atoms with E-state index in [4.69, 9.17) is 0 Å². The lowest BCUT2D eigenvalue weighted by Gasteiger charge is -2.07. The van der Waals surface area contributed by atoms with Crippen LogP contribution in [0.25, 0.3) is 15.9 Å². The van der Waals surface area contributed by atoms with E-state index in [9.17, 15) is 4.79 Å². The highest BCUT2D eigenvalue weighted by Gasteiger charge is 2.19. The van der Waals surface area contributed by atoms with Crippen molar-refractivity contribution < 1.29 is 4.79 Å². The van der Waals surface area contributed by atoms with E-state index in [-0.39, 0.29) is 5.91 Å². The van der Waals surface area contributed by atoms with Crippen LogP contribution in [0.1, 0.15) is 15.4 Å². The predicted molar refractivity (Wildman–Crippen MR) is 93.6 cm³/mol. The highest BCUT2D eigenvalue weighted by Crippen LogP contribution is 2.32. The predicted octanol–water partition coefficient (Wildman–Crippen LogP) is 2.78. The van der Waals surface area contributed by atoms with Gasteiger partial charge in [0.2, 0.25) is 0 Å². The van der Waals surface area contributed by atoms with Crippen LogP contribution in [-0.4, -0.2) is 32.0 Å². The molecule has 0 aromatic carbocycles. The molecule has 4 aromatic heterocycles. The van der Waals surface area contributed by atoms with Crippen molar-refractivity contribution in [3.8, 4) is 5.69 Å². The van der Waals surface area contributed by atoms with Crippen LogP contribution < -0.4 is 5.32 Å². The van der Waals surface area contributed by atoms with Crippen LogP contribution in [0.2, 0.25) is 0 Å². The molecule has 0 saturated carbocycles. The molecule has 7 heteroatoms. The molecule has 0 radical (unpaired) electrons. The topological polar surface area (TPSA) is 75.6 Å². The van der Waals surface area contributed by atoms with Gasteiger partial charge in [-0.05, 0) is 24.3 Å². The van der Waals surface area contributed by atoms with Gasteiger partial charge in [0.25, 0.3) is 5.91 Å². The minimum absolute atomic E-state index is 0.0822. The third kappa shape index (κ3) is 2.69. The van der Waals surface area contributed by atoms with Crippen molar-refractivity contribution in [1.29, 1.82) is 0 Å². The number of nitrogens with zero attached hydrogens (tertiary/aromatic N) is 3. The molecule has 4 aromatic rings. The zero-order chi connectivity index (χ0) is 16.4. The van der Waals surface area contributed by atoms with Gasteiger partial charge in [-0.2, -0.15) is 0 Å². The van der Waals surface area contributed by atoms with Crippen LogP contribution in [0.4, 0.5) is 0 Å². The largest absolute Gasteiger partial charge is 0.351 e. The smallest absolute Gasteiger partial charge is 0.263 e. The molecule has 0 aliphatic carbocycles. The molecular weight excluding hydrogens is 322 g/mol. The van der Waals surface area contributed by atoms with Crippen LogP contribution in [-0.2, 0) is 6.42 Å². The molecule has 120 valence electrons. The Labute approximate surface area is 142 Å². The van der Waals surface area contributed by atoms with E-state index in [1.54, 1.807) is 18.7 Å². The van der Waals surface area contributed by atoms with Crippen molar-refractivity contribution >= 4 is 27.5 Å². The fraction of sp³-hybridized carbons (Fsp3) is 0.118. The van der Waals surface area contributed by atoms with Gasteiger partial charge in [0.05, 0.1) is 12.0 Å². The number of hydrogen-bond acceptors (Lipinski definition) is 4. The van der Waals surface area contributed by atoms with Gasteiger partial charge in [0.15, 0.2) is 0 Å². The molecule has 0 spiro atoms. The summed E-state index contributed by atoms with van der Waals surface area (Å²) in [6.07, 6.45) is 9.75. The number of aromatic nitrogens is 4. The first-order chi connectivity index (χ1) is 11.8. The molecule has 6 nitrogen and oxygen atoms in total. The average molecular weight is 337 g/mol. The number of hydrogen-bond donors (Lipinski definition) is 2. The number of carbonyl (C=O) groups is 1. The van der Waals surface area contributed by atoms with Gasteiger partial charge in [0, 0.05) is 48.8 Å². The maximum absolute atomic E-state index is 12.7. The molecule has 0 aliphatic heterocycles. The van der Waals surface area contributed by atoms with Gasteiger partial charge in [-0.15, -0.1) is 11.3 Å². The summed E-state index contributed by atoms with van der Waals surface area (Å²) in [5, 5.41) is 3.97. The molecular formula is C17H15N5OS. The first kappa shape index (κ1) is 14.6. The summed E-state index contributed by atoms with van der Waals surface area (Å²) in [5.74, 6) is -0.0822. The fourth-order valence-corrected chi connectivity index (χ4v) is 3.68. The number of rotatable bonds is 5. The average Bonchev–Trinajstić information content (AvgIpc) is 3.34. The van der Waals surface area contributed by atoms with Crippen LogP contribution >= 0.6 is 11.3 Å². The molecule has 24 heavy (non-hydrogen) atoms. The Morgan fingerprint density at radius 2 is 2.17 bits per heavy atom. The summed E-state index contributed by atoms with van der Waals surface area (Å²) in [7, 11) is 0. The Morgan fingerprint density at radius 1 is 1.29 bits per heavy atom. The summed E-state index contributed by atoms with van der Waals surface area (Å²) in [5.41, 5.74) is 1.88. The van der Waals surface area contributed by atoms with Gasteiger partial charge in [-0.1, -0.05) is 0 Å². The van der Waals surface area contributed by atoms with Gasteiger partial charge >= 0.3 is 0 Å². The van der Waals surface area contributed by atoms with Crippen molar-refractivity contribution in [2.75, 3.05) is 6.54 Å². The van der Waals surface area contributed by atoms with Crippen molar-refractivity contribution in [2.45, 2.75) is 6.42 Å². The summed E-state index contributed by atoms with van der Waals surface area (Å²) in [6.45, 7) is 0.549. The lowest BCUT2D eigenvalue weighted by Crippen LogP contribution is -2.25. The summed E-state index contributed by atoms with van der Waals surface area (Å²) in [6, 6.07) is 7.77. The van der Waals surface area contributed by atoms with Crippen molar-refractivity contribution in [3.05, 3.63) is 66.0 Å². The van der Waals surface area contributed by atoms with E-state index in [0.717, 1.165) is 21.6 Å². The molecule has 2 N–H and O–H groups in total. The van der Waals surface area contributed by atoms with Gasteiger partial charge in [-0.3, -0.25) is 4.79 Å². The fourth-order valence-electron chi connectivity index (χ4n) is 2.63. The van der Waals surface area contributed by atoms with E-state index in [0.29, 0.717) is 17.8 Å². The van der Waals surface area contributed by atoms with E-state index >= 15 is 0 Å². The van der Waals surface area contributed by atoms with E-state index in [2.05, 4.69) is 20.3 Å². The number of H-pyrrole nitrogens is 1. The van der Waals surface area contributed by atoms with Crippen molar-refractivity contribution in [2.24, 2.45) is 0 Å². The molecule has 0 aliphatic rings. The third-order valence-electron chi connectivity index (χ3n) is 3.74. The first-order valence-corrected chi connectivity index (χ1v) is 8.41. The minimum Gasteiger partial charge on any atom is -0.351 e. The van der Waals surface area contributed by atoms with E-state index in [1.807, 2.05) is 41.2 Å². The molecule has 0 bridgehead atoms. The zero-order valence-corrected chi connectivity index (χ0v) is 13.6. The Kier molecular flexibility index (Phi) is 3.84. The zero-order valence-electron chi connectivity index (χ0n) is 12.8. The van der Waals surface area contributed by atoms with E-state index < -0.39 is 0 Å². The number of imidazole rings is 1. The number of pyridine rings is 1. The van der Waals surface area contributed by atoms with Gasteiger partial charge < -0.3 is 14.9 Å². The Bertz CT molecular complexity index is 956. The number of aromatic amines is 1. The number of fused-ring (bicyclic) bond motifs is 1. The summed E-state index contributed by atoms with van der Waals surface area (Å²) < 4.78 is 1.96. The molecule has 4 heterocycles. The molecule has 4 rings (SSSR count). The van der Waals surface area contributed by atoms with E-state index in [1.165, 1.54) is 11.3 Å². The van der Waals surface area contributed by atoms with Crippen molar-refractivity contribution in [3.63, 3.8) is 0 Å². The Balaban J connectivity index is 1.63. The minimum atomic E-state index is -0.0822. The second kappa shape index (κ2) is 6.29. The van der Waals surface area contributed by atoms with Crippen LogP contribution in [0.15, 0.2) is 55.4 Å². The number of nitrogens with one attached hydrogen (secondary N) is 2. The maximum Gasteiger partial charge on any atom is 0.263 e. The van der Waals surface area contributed by atoms with Gasteiger partial charge in [0.1, 0.15) is 9.71 Å². The molecule has 1 amide bonds. The second-order valence-corrected chi connectivity index (χ2v) is 6.31. The Morgan fingerprint density at radius 3 is 2.96 bits per heavy atom. The molecule has 0 unspecified atom stereocenters. The first-order valence-electron chi connectivity index (χ1n) is 7.59. The number of amides is 1. The van der Waals surface area contributed by atoms with Crippen LogP contribution in [0.3, 0.4) is 0 Å². The summed E-state index contributed by atoms with van der Waals surface area (Å²) in [4.78, 5) is 25.6. The van der Waals surface area contributed by atoms with Crippen LogP contribution in [0, 0.1) is 0 Å². The summed E-state index contributed by atoms with van der Waals surface area (Å²) >= 11 is 1.41. The number of carbonyl (C=O) groups excluding carboxylic acids is 1. The number of thiophene rings is 1. The Hall–Kier alpha value is -2.93. The molecule has 0 atom stereocenters. The monoisotopic (exact) mass is 337 g/mol. The lowest BCUT2D eigenvalue weighted by atomic mass is 10.2. The van der Waals surface area contributed by atoms with Gasteiger partial charge in [-0.25, -0.2) is 9.97 Å². The lowest BCUT2D eigenvalue weighted by molar-refractivity contribution is 0.0958. The molecule has 0 fully saturated rings. The van der Waals surface area contributed by atoms with Crippen molar-refractivity contribution in [1.82, 2.24) is 24.8 Å². The highest BCUT2D eigenvalue weighted by atomic mass is 32.1.